The van der Waals surface area contributed by atoms with E-state index < -0.39 is 27.0 Å². The highest BCUT2D eigenvalue weighted by molar-refractivity contribution is 7.56. The molecule has 0 amide bonds. The number of rotatable bonds is 7. The van der Waals surface area contributed by atoms with Gasteiger partial charge in [-0.2, -0.15) is 0 Å². The van der Waals surface area contributed by atoms with Gasteiger partial charge in [0.2, 0.25) is 0 Å². The summed E-state index contributed by atoms with van der Waals surface area (Å²) in [6.07, 6.45) is 4.20. The van der Waals surface area contributed by atoms with Crippen LogP contribution in [0.5, 0.6) is 0 Å². The van der Waals surface area contributed by atoms with Gasteiger partial charge in [-0.15, -0.1) is 0 Å². The molecule has 8 heteroatoms. The first-order valence-corrected chi connectivity index (χ1v) is 8.39. The van der Waals surface area contributed by atoms with Crippen LogP contribution in [0.1, 0.15) is 26.2 Å². The lowest BCUT2D eigenvalue weighted by Crippen LogP contribution is -2.13. The van der Waals surface area contributed by atoms with Gasteiger partial charge in [0.1, 0.15) is 0 Å². The molecule has 0 saturated heterocycles. The van der Waals surface area contributed by atoms with Crippen molar-refractivity contribution in [3.05, 3.63) is 12.2 Å². The third-order valence-corrected chi connectivity index (χ3v) is 4.50. The fourth-order valence-corrected chi connectivity index (χ4v) is 3.71. The second-order valence-corrected chi connectivity index (χ2v) is 7.19. The highest BCUT2D eigenvalue weighted by Crippen LogP contribution is 2.50. The number of allylic oxidation sites excluding steroid dienone is 2. The number of hydrogen-bond donors (Lipinski definition) is 4. The summed E-state index contributed by atoms with van der Waals surface area (Å²) in [6, 6.07) is 0. The molecular weight excluding hydrogens is 254 g/mol. The van der Waals surface area contributed by atoms with Crippen LogP contribution in [-0.2, 0) is 9.13 Å². The monoisotopic (exact) mass is 272 g/mol. The molecule has 0 saturated carbocycles. The highest BCUT2D eigenvalue weighted by atomic mass is 31.2. The lowest BCUT2D eigenvalue weighted by Gasteiger charge is -2.17. The average molecular weight is 272 g/mol. The van der Waals surface area contributed by atoms with Crippen LogP contribution < -0.4 is 0 Å². The van der Waals surface area contributed by atoms with E-state index in [1.165, 1.54) is 0 Å². The summed E-state index contributed by atoms with van der Waals surface area (Å²) in [6.45, 7) is 1.96. The van der Waals surface area contributed by atoms with Gasteiger partial charge in [-0.1, -0.05) is 25.5 Å². The van der Waals surface area contributed by atoms with Crippen molar-refractivity contribution < 1.29 is 28.7 Å². The van der Waals surface area contributed by atoms with E-state index in [1.54, 1.807) is 12.2 Å². The standard InChI is InChI=1S/C8H18O6P2/c1-2-3-4-5-6-8(16(12,13)14)7-15(9,10)11/h4-5,8H,2-3,6-7H2,1H3,(H2,9,10,11)(H2,12,13,14)/b5-4+. The lowest BCUT2D eigenvalue weighted by atomic mass is 10.2. The molecule has 0 heterocycles. The van der Waals surface area contributed by atoms with Crippen LogP contribution in [0.15, 0.2) is 12.2 Å². The molecule has 0 aliphatic rings. The van der Waals surface area contributed by atoms with Gasteiger partial charge in [-0.25, -0.2) is 0 Å². The van der Waals surface area contributed by atoms with Crippen molar-refractivity contribution in [2.24, 2.45) is 0 Å². The minimum Gasteiger partial charge on any atom is -0.324 e. The first-order valence-electron chi connectivity index (χ1n) is 4.91. The van der Waals surface area contributed by atoms with Crippen molar-refractivity contribution in [3.8, 4) is 0 Å². The summed E-state index contributed by atoms with van der Waals surface area (Å²) in [4.78, 5) is 35.3. The van der Waals surface area contributed by atoms with Crippen molar-refractivity contribution in [1.29, 1.82) is 0 Å². The Hall–Kier alpha value is 0.0400. The van der Waals surface area contributed by atoms with E-state index in [4.69, 9.17) is 19.6 Å². The van der Waals surface area contributed by atoms with Gasteiger partial charge in [0, 0.05) is 0 Å². The topological polar surface area (TPSA) is 115 Å². The summed E-state index contributed by atoms with van der Waals surface area (Å²) < 4.78 is 21.7. The Labute approximate surface area is 94.7 Å². The van der Waals surface area contributed by atoms with Crippen molar-refractivity contribution in [1.82, 2.24) is 0 Å². The van der Waals surface area contributed by atoms with E-state index in [1.807, 2.05) is 6.92 Å². The van der Waals surface area contributed by atoms with E-state index in [0.717, 1.165) is 12.8 Å². The Balaban J connectivity index is 4.47. The predicted molar refractivity (Wildman–Crippen MR) is 61.4 cm³/mol. The van der Waals surface area contributed by atoms with Crippen LogP contribution in [0.2, 0.25) is 0 Å². The van der Waals surface area contributed by atoms with Gasteiger partial charge in [0.25, 0.3) is 0 Å². The van der Waals surface area contributed by atoms with Crippen molar-refractivity contribution in [2.45, 2.75) is 31.8 Å². The van der Waals surface area contributed by atoms with Crippen LogP contribution in [0.3, 0.4) is 0 Å². The van der Waals surface area contributed by atoms with E-state index in [0.29, 0.717) is 0 Å². The van der Waals surface area contributed by atoms with Gasteiger partial charge in [0.05, 0.1) is 11.8 Å². The van der Waals surface area contributed by atoms with Crippen LogP contribution in [0.4, 0.5) is 0 Å². The Bertz CT molecular complexity index is 314. The fourth-order valence-electron chi connectivity index (χ4n) is 1.13. The van der Waals surface area contributed by atoms with E-state index in [2.05, 4.69) is 0 Å². The third kappa shape index (κ3) is 8.22. The maximum absolute atomic E-state index is 11.0. The van der Waals surface area contributed by atoms with Crippen LogP contribution in [0.25, 0.3) is 0 Å². The van der Waals surface area contributed by atoms with Crippen LogP contribution in [-0.4, -0.2) is 31.4 Å². The predicted octanol–water partition coefficient (Wildman–Crippen LogP) is 1.46. The van der Waals surface area contributed by atoms with Crippen LogP contribution in [0, 0.1) is 0 Å². The summed E-state index contributed by atoms with van der Waals surface area (Å²) in [7, 11) is -8.86. The summed E-state index contributed by atoms with van der Waals surface area (Å²) in [5.41, 5.74) is -1.30. The Kier molecular flexibility index (Phi) is 6.71. The maximum atomic E-state index is 11.0. The molecule has 0 aliphatic carbocycles. The SMILES string of the molecule is CCC/C=C/CC(CP(=O)(O)O)P(=O)(O)O. The van der Waals surface area contributed by atoms with Gasteiger partial charge in [-0.3, -0.25) is 9.13 Å². The normalized spacial score (nSPS) is 15.6. The third-order valence-electron chi connectivity index (χ3n) is 1.95. The van der Waals surface area contributed by atoms with Gasteiger partial charge in [-0.05, 0) is 12.8 Å². The zero-order valence-corrected chi connectivity index (χ0v) is 10.8. The molecule has 0 bridgehead atoms. The zero-order chi connectivity index (χ0) is 12.8. The Morgan fingerprint density at radius 3 is 2.06 bits per heavy atom. The first-order chi connectivity index (χ1) is 7.17. The molecule has 0 spiro atoms. The molecule has 96 valence electrons. The molecule has 0 rings (SSSR count). The fraction of sp³-hybridized carbons (Fsp3) is 0.750. The molecule has 0 radical (unpaired) electrons. The van der Waals surface area contributed by atoms with Gasteiger partial charge >= 0.3 is 15.2 Å². The minimum atomic E-state index is -4.46. The first kappa shape index (κ1) is 16.0. The minimum absolute atomic E-state index is 0.0185. The van der Waals surface area contributed by atoms with Crippen LogP contribution >= 0.6 is 15.2 Å². The van der Waals surface area contributed by atoms with Crippen molar-refractivity contribution >= 4 is 15.2 Å². The molecule has 4 N–H and O–H groups in total. The summed E-state index contributed by atoms with van der Waals surface area (Å²) in [5.74, 6) is 0. The summed E-state index contributed by atoms with van der Waals surface area (Å²) in [5, 5.41) is 0. The molecule has 6 nitrogen and oxygen atoms in total. The molecular formula is C8H18O6P2. The average Bonchev–Trinajstić information content (AvgIpc) is 2.06. The van der Waals surface area contributed by atoms with E-state index in [-0.39, 0.29) is 6.42 Å². The largest absolute Gasteiger partial charge is 0.329 e. The molecule has 0 aromatic carbocycles. The van der Waals surface area contributed by atoms with Gasteiger partial charge < -0.3 is 19.6 Å². The molecule has 0 aliphatic heterocycles. The second kappa shape index (κ2) is 6.70. The molecule has 16 heavy (non-hydrogen) atoms. The summed E-state index contributed by atoms with van der Waals surface area (Å²) >= 11 is 0. The zero-order valence-electron chi connectivity index (χ0n) is 9.06. The van der Waals surface area contributed by atoms with E-state index in [9.17, 15) is 9.13 Å². The van der Waals surface area contributed by atoms with Crippen molar-refractivity contribution in [3.63, 3.8) is 0 Å². The smallest absolute Gasteiger partial charge is 0.324 e. The molecule has 0 aromatic heterocycles. The second-order valence-electron chi connectivity index (χ2n) is 3.59. The Morgan fingerprint density at radius 1 is 1.12 bits per heavy atom. The highest BCUT2D eigenvalue weighted by Gasteiger charge is 2.33. The molecule has 0 aromatic rings. The number of unbranched alkanes of at least 4 members (excludes halogenated alkanes) is 1. The van der Waals surface area contributed by atoms with E-state index >= 15 is 0 Å². The van der Waals surface area contributed by atoms with Gasteiger partial charge in [0.15, 0.2) is 0 Å². The molecule has 1 unspecified atom stereocenters. The molecule has 1 atom stereocenters. The maximum Gasteiger partial charge on any atom is 0.329 e. The molecule has 0 fully saturated rings. The lowest BCUT2D eigenvalue weighted by molar-refractivity contribution is 0.346. The number of hydrogen-bond acceptors (Lipinski definition) is 2. The Morgan fingerprint density at radius 2 is 1.69 bits per heavy atom. The van der Waals surface area contributed by atoms with Crippen molar-refractivity contribution in [2.75, 3.05) is 6.16 Å². The quantitative estimate of drug-likeness (QED) is 0.412.